The number of aromatic nitrogens is 3. The summed E-state index contributed by atoms with van der Waals surface area (Å²) in [5.41, 5.74) is 1.46. The van der Waals surface area contributed by atoms with Gasteiger partial charge in [-0.15, -0.1) is 0 Å². The zero-order valence-electron chi connectivity index (χ0n) is 10.4. The molecule has 1 heterocycles. The number of hydrogen-bond acceptors (Lipinski definition) is 4. The average Bonchev–Trinajstić information content (AvgIpc) is 2.93. The number of hydrogen-bond donors (Lipinski definition) is 3. The fourth-order valence-electron chi connectivity index (χ4n) is 1.46. The van der Waals surface area contributed by atoms with Crippen molar-refractivity contribution >= 4 is 11.7 Å². The number of urea groups is 1. The highest BCUT2D eigenvalue weighted by molar-refractivity contribution is 5.89. The largest absolute Gasteiger partial charge is 0.394 e. The van der Waals surface area contributed by atoms with Gasteiger partial charge < -0.3 is 15.7 Å². The molecule has 0 bridgehead atoms. The fourth-order valence-corrected chi connectivity index (χ4v) is 1.46. The molecule has 2 amide bonds. The van der Waals surface area contributed by atoms with E-state index < -0.39 is 0 Å². The summed E-state index contributed by atoms with van der Waals surface area (Å²) in [5.74, 6) is 0. The molecule has 1 unspecified atom stereocenters. The molecule has 0 aliphatic rings. The Balaban J connectivity index is 1.97. The van der Waals surface area contributed by atoms with Gasteiger partial charge in [0.05, 0.1) is 30.7 Å². The first-order chi connectivity index (χ1) is 9.19. The summed E-state index contributed by atoms with van der Waals surface area (Å²) in [6.45, 7) is 1.61. The Morgan fingerprint density at radius 2 is 1.95 bits per heavy atom. The van der Waals surface area contributed by atoms with Gasteiger partial charge in [0.1, 0.15) is 0 Å². The monoisotopic (exact) mass is 261 g/mol. The predicted octanol–water partition coefficient (Wildman–Crippen LogP) is 0.770. The van der Waals surface area contributed by atoms with E-state index in [4.69, 9.17) is 5.11 Å². The van der Waals surface area contributed by atoms with E-state index >= 15 is 0 Å². The number of amides is 2. The number of carbonyl (C=O) groups is 1. The van der Waals surface area contributed by atoms with Crippen molar-refractivity contribution in [2.45, 2.75) is 13.0 Å². The molecule has 7 heteroatoms. The van der Waals surface area contributed by atoms with E-state index in [2.05, 4.69) is 20.8 Å². The van der Waals surface area contributed by atoms with Crippen LogP contribution >= 0.6 is 0 Å². The molecule has 0 saturated carbocycles. The summed E-state index contributed by atoms with van der Waals surface area (Å²) in [6, 6.07) is 6.46. The molecule has 1 aromatic carbocycles. The third-order valence-corrected chi connectivity index (χ3v) is 2.43. The summed E-state index contributed by atoms with van der Waals surface area (Å²) >= 11 is 0. The molecule has 2 aromatic rings. The highest BCUT2D eigenvalue weighted by Gasteiger charge is 2.06. The van der Waals surface area contributed by atoms with Crippen molar-refractivity contribution in [1.82, 2.24) is 20.3 Å². The Morgan fingerprint density at radius 1 is 1.32 bits per heavy atom. The molecule has 3 N–H and O–H groups in total. The minimum atomic E-state index is -0.355. The lowest BCUT2D eigenvalue weighted by Gasteiger charge is -2.12. The van der Waals surface area contributed by atoms with Crippen LogP contribution in [-0.4, -0.2) is 38.8 Å². The molecule has 0 radical (unpaired) electrons. The van der Waals surface area contributed by atoms with Crippen molar-refractivity contribution in [2.75, 3.05) is 11.9 Å². The van der Waals surface area contributed by atoms with Crippen molar-refractivity contribution < 1.29 is 9.90 Å². The second kappa shape index (κ2) is 5.96. The van der Waals surface area contributed by atoms with E-state index in [0.29, 0.717) is 5.69 Å². The van der Waals surface area contributed by atoms with Crippen molar-refractivity contribution in [2.24, 2.45) is 0 Å². The van der Waals surface area contributed by atoms with Gasteiger partial charge in [0.2, 0.25) is 0 Å². The molecule has 1 aromatic heterocycles. The second-order valence-corrected chi connectivity index (χ2v) is 4.05. The predicted molar refractivity (Wildman–Crippen MR) is 70.1 cm³/mol. The number of benzene rings is 1. The summed E-state index contributed by atoms with van der Waals surface area (Å²) in [7, 11) is 0. The number of nitrogens with zero attached hydrogens (tertiary/aromatic N) is 3. The van der Waals surface area contributed by atoms with E-state index in [-0.39, 0.29) is 18.7 Å². The van der Waals surface area contributed by atoms with Gasteiger partial charge in [0, 0.05) is 5.69 Å². The summed E-state index contributed by atoms with van der Waals surface area (Å²) in [6.07, 6.45) is 3.19. The SMILES string of the molecule is CC(CO)NC(=O)Nc1ccc(-n2nccn2)cc1. The van der Waals surface area contributed by atoms with Crippen LogP contribution in [0.3, 0.4) is 0 Å². The number of rotatable bonds is 4. The van der Waals surface area contributed by atoms with Gasteiger partial charge >= 0.3 is 6.03 Å². The Kier molecular flexibility index (Phi) is 4.09. The van der Waals surface area contributed by atoms with Crippen molar-refractivity contribution in [3.8, 4) is 5.69 Å². The molecule has 0 spiro atoms. The molecule has 7 nitrogen and oxygen atoms in total. The van der Waals surface area contributed by atoms with Crippen LogP contribution in [0.5, 0.6) is 0 Å². The minimum absolute atomic E-state index is 0.0999. The van der Waals surface area contributed by atoms with Gasteiger partial charge in [-0.3, -0.25) is 0 Å². The molecule has 1 atom stereocenters. The summed E-state index contributed by atoms with van der Waals surface area (Å²) in [4.78, 5) is 13.0. The first-order valence-corrected chi connectivity index (χ1v) is 5.84. The Morgan fingerprint density at radius 3 is 2.53 bits per heavy atom. The molecule has 100 valence electrons. The number of aliphatic hydroxyl groups excluding tert-OH is 1. The van der Waals surface area contributed by atoms with Gasteiger partial charge in [-0.2, -0.15) is 15.0 Å². The van der Waals surface area contributed by atoms with Crippen molar-refractivity contribution in [1.29, 1.82) is 0 Å². The van der Waals surface area contributed by atoms with Crippen LogP contribution in [0.25, 0.3) is 5.69 Å². The lowest BCUT2D eigenvalue weighted by molar-refractivity contribution is 0.229. The third-order valence-electron chi connectivity index (χ3n) is 2.43. The van der Waals surface area contributed by atoms with Gasteiger partial charge in [-0.1, -0.05) is 0 Å². The van der Waals surface area contributed by atoms with E-state index in [9.17, 15) is 4.79 Å². The first kappa shape index (κ1) is 13.0. The normalized spacial score (nSPS) is 11.9. The maximum Gasteiger partial charge on any atom is 0.319 e. The third kappa shape index (κ3) is 3.52. The maximum absolute atomic E-state index is 11.5. The maximum atomic E-state index is 11.5. The first-order valence-electron chi connectivity index (χ1n) is 5.84. The van der Waals surface area contributed by atoms with Crippen LogP contribution in [0, 0.1) is 0 Å². The number of anilines is 1. The lowest BCUT2D eigenvalue weighted by Crippen LogP contribution is -2.38. The minimum Gasteiger partial charge on any atom is -0.394 e. The zero-order valence-corrected chi connectivity index (χ0v) is 10.4. The van der Waals surface area contributed by atoms with E-state index in [1.807, 2.05) is 0 Å². The summed E-state index contributed by atoms with van der Waals surface area (Å²) in [5, 5.41) is 22.1. The van der Waals surface area contributed by atoms with Gasteiger partial charge in [0.25, 0.3) is 0 Å². The van der Waals surface area contributed by atoms with Gasteiger partial charge in [-0.05, 0) is 31.2 Å². The smallest absolute Gasteiger partial charge is 0.319 e. The van der Waals surface area contributed by atoms with Crippen LogP contribution in [0.4, 0.5) is 10.5 Å². The van der Waals surface area contributed by atoms with Crippen LogP contribution in [0.2, 0.25) is 0 Å². The van der Waals surface area contributed by atoms with Crippen LogP contribution < -0.4 is 10.6 Å². The average molecular weight is 261 g/mol. The second-order valence-electron chi connectivity index (χ2n) is 4.05. The Bertz CT molecular complexity index is 524. The molecule has 0 aliphatic carbocycles. The number of carbonyl (C=O) groups excluding carboxylic acids is 1. The highest BCUT2D eigenvalue weighted by atomic mass is 16.3. The van der Waals surface area contributed by atoms with Crippen molar-refractivity contribution in [3.63, 3.8) is 0 Å². The topological polar surface area (TPSA) is 92.1 Å². The molecular weight excluding hydrogens is 246 g/mol. The fraction of sp³-hybridized carbons (Fsp3) is 0.250. The number of nitrogens with one attached hydrogen (secondary N) is 2. The highest BCUT2D eigenvalue weighted by Crippen LogP contribution is 2.11. The van der Waals surface area contributed by atoms with E-state index in [1.54, 1.807) is 43.6 Å². The molecule has 0 saturated heterocycles. The molecule has 0 aliphatic heterocycles. The standard InChI is InChI=1S/C12H15N5O2/c1-9(8-18)15-12(19)16-10-2-4-11(5-3-10)17-13-6-7-14-17/h2-7,9,18H,8H2,1H3,(H2,15,16,19). The van der Waals surface area contributed by atoms with E-state index in [0.717, 1.165) is 5.69 Å². The van der Waals surface area contributed by atoms with Crippen LogP contribution in [0.15, 0.2) is 36.7 Å². The van der Waals surface area contributed by atoms with E-state index in [1.165, 1.54) is 4.80 Å². The molecule has 2 rings (SSSR count). The lowest BCUT2D eigenvalue weighted by atomic mass is 10.3. The van der Waals surface area contributed by atoms with Crippen LogP contribution in [-0.2, 0) is 0 Å². The van der Waals surface area contributed by atoms with Gasteiger partial charge in [0.15, 0.2) is 0 Å². The zero-order chi connectivity index (χ0) is 13.7. The Labute approximate surface area is 110 Å². The molecular formula is C12H15N5O2. The summed E-state index contributed by atoms with van der Waals surface area (Å²) < 4.78 is 0. The molecule has 19 heavy (non-hydrogen) atoms. The van der Waals surface area contributed by atoms with Crippen LogP contribution in [0.1, 0.15) is 6.92 Å². The number of aliphatic hydroxyl groups is 1. The van der Waals surface area contributed by atoms with Gasteiger partial charge in [-0.25, -0.2) is 4.79 Å². The van der Waals surface area contributed by atoms with Crippen molar-refractivity contribution in [3.05, 3.63) is 36.7 Å². The Hall–Kier alpha value is -2.41. The quantitative estimate of drug-likeness (QED) is 0.758. The molecule has 0 fully saturated rings.